The van der Waals surface area contributed by atoms with E-state index in [0.717, 1.165) is 179 Å². The van der Waals surface area contributed by atoms with Crippen molar-refractivity contribution in [2.75, 3.05) is 0 Å². The van der Waals surface area contributed by atoms with Crippen LogP contribution in [0, 0.1) is 12.1 Å². The summed E-state index contributed by atoms with van der Waals surface area (Å²) in [6.07, 6.45) is 7.31. The minimum absolute atomic E-state index is 0. The molecule has 2 N–H and O–H groups in total. The maximum absolute atomic E-state index is 9.00. The van der Waals surface area contributed by atoms with Gasteiger partial charge in [-0.05, 0) is 133 Å². The molecule has 0 fully saturated rings. The number of carboxylic acids is 2. The van der Waals surface area contributed by atoms with Gasteiger partial charge in [0.05, 0.1) is 99.6 Å². The summed E-state index contributed by atoms with van der Waals surface area (Å²) in [5.41, 5.74) is 18.9. The van der Waals surface area contributed by atoms with Gasteiger partial charge in [0.1, 0.15) is 22.8 Å². The van der Waals surface area contributed by atoms with Crippen LogP contribution in [0.15, 0.2) is 231 Å². The zero-order valence-corrected chi connectivity index (χ0v) is 53.6. The summed E-state index contributed by atoms with van der Waals surface area (Å²) in [6.45, 7) is 2.17. The molecule has 0 radical (unpaired) electrons. The largest absolute Gasteiger partial charge is 2.00 e. The summed E-state index contributed by atoms with van der Waals surface area (Å²) >= 11 is 0. The van der Waals surface area contributed by atoms with E-state index in [4.69, 9.17) is 69.1 Å². The smallest absolute Gasteiger partial charge is 0.497 e. The summed E-state index contributed by atoms with van der Waals surface area (Å²) < 4.78 is 21.7. The van der Waals surface area contributed by atoms with Crippen LogP contribution in [0.5, 0.6) is 23.0 Å². The van der Waals surface area contributed by atoms with Gasteiger partial charge in [-0.1, -0.05) is 94.3 Å². The molecule has 0 aliphatic rings. The second-order valence-corrected chi connectivity index (χ2v) is 22.4. The van der Waals surface area contributed by atoms with Gasteiger partial charge in [0.2, 0.25) is 0 Å². The van der Waals surface area contributed by atoms with E-state index in [1.54, 1.807) is 0 Å². The molecule has 466 valence electrons. The predicted octanol–water partition coefficient (Wildman–Crippen LogP) is 16.7. The first-order valence-corrected chi connectivity index (χ1v) is 30.0. The molecule has 12 heterocycles. The number of carbonyl (C=O) groups is 2. The molecule has 0 amide bonds. The van der Waals surface area contributed by atoms with Crippen LogP contribution >= 0.6 is 0 Å². The Kier molecular flexibility index (Phi) is 15.2. The molecule has 0 saturated carbocycles. The number of aliphatic carboxylic acids is 2. The number of hydrogen-bond donors (Lipinski definition) is 2. The topological polar surface area (TPSA) is 214 Å². The van der Waals surface area contributed by atoms with E-state index in [1.165, 1.54) is 0 Å². The molecule has 0 aliphatic carbocycles. The first-order valence-electron chi connectivity index (χ1n) is 30.0. The van der Waals surface area contributed by atoms with E-state index in [1.807, 2.05) is 158 Å². The third-order valence-electron chi connectivity index (χ3n) is 16.6. The number of pyridine rings is 8. The summed E-state index contributed by atoms with van der Waals surface area (Å²) in [6, 6.07) is 76.1. The molecular weight excluding hydrogens is 1390 g/mol. The van der Waals surface area contributed by atoms with Crippen molar-refractivity contribution in [1.29, 1.82) is 0 Å². The van der Waals surface area contributed by atoms with Crippen LogP contribution in [-0.4, -0.2) is 79.6 Å². The minimum atomic E-state index is -0.833. The number of nitrogens with zero attached hydrogens (tertiary/aromatic N) is 12. The molecule has 96 heavy (non-hydrogen) atoms. The van der Waals surface area contributed by atoms with Crippen molar-refractivity contribution in [2.45, 2.75) is 13.8 Å². The molecule has 20 rings (SSSR count). The van der Waals surface area contributed by atoms with Crippen LogP contribution in [0.1, 0.15) is 13.8 Å². The zero-order chi connectivity index (χ0) is 63.3. The Balaban J connectivity index is 0.000000139. The molecule has 0 aliphatic heterocycles. The summed E-state index contributed by atoms with van der Waals surface area (Å²) in [7, 11) is 0. The van der Waals surface area contributed by atoms with Crippen LogP contribution in [0.25, 0.3) is 154 Å². The van der Waals surface area contributed by atoms with Crippen molar-refractivity contribution in [3.05, 3.63) is 243 Å². The van der Waals surface area contributed by atoms with Crippen molar-refractivity contribution in [2.24, 2.45) is 0 Å². The Morgan fingerprint density at radius 1 is 0.344 bits per heavy atom. The van der Waals surface area contributed by atoms with Crippen molar-refractivity contribution in [3.8, 4) is 23.0 Å². The second kappa shape index (κ2) is 24.2. The molecular formula is C76H46N12O6Pd2. The van der Waals surface area contributed by atoms with Gasteiger partial charge in [0, 0.05) is 92.1 Å². The average molecular weight is 1440 g/mol. The number of ether oxygens (including phenoxy) is 2. The third kappa shape index (κ3) is 10.0. The summed E-state index contributed by atoms with van der Waals surface area (Å²) in [5, 5.41) is 22.5. The van der Waals surface area contributed by atoms with E-state index >= 15 is 0 Å². The Morgan fingerprint density at radius 3 is 0.969 bits per heavy atom. The quantitative estimate of drug-likeness (QED) is 0.0953. The number of fused-ring (bicyclic) bond motifs is 32. The van der Waals surface area contributed by atoms with E-state index < -0.39 is 11.9 Å². The first kappa shape index (κ1) is 60.4. The zero-order valence-electron chi connectivity index (χ0n) is 50.5. The number of rotatable bonds is 4. The van der Waals surface area contributed by atoms with Gasteiger partial charge in [-0.3, -0.25) is 48.3 Å². The van der Waals surface area contributed by atoms with Gasteiger partial charge < -0.3 is 28.5 Å². The number of aromatic nitrogens is 12. The van der Waals surface area contributed by atoms with Crippen molar-refractivity contribution < 1.29 is 70.1 Å². The number of benzene rings is 8. The molecule has 20 heteroatoms. The molecule has 0 atom stereocenters. The van der Waals surface area contributed by atoms with Crippen LogP contribution in [0.2, 0.25) is 0 Å². The van der Waals surface area contributed by atoms with Crippen LogP contribution in [0.4, 0.5) is 0 Å². The van der Waals surface area contributed by atoms with Crippen LogP contribution < -0.4 is 9.47 Å². The average Bonchev–Trinajstić information content (AvgIpc) is 1.52. The maximum Gasteiger partial charge on any atom is 2.00 e. The van der Waals surface area contributed by atoms with Gasteiger partial charge in [-0.25, -0.2) is 9.97 Å². The molecule has 0 saturated heterocycles. The molecule has 18 nitrogen and oxygen atoms in total. The van der Waals surface area contributed by atoms with E-state index in [2.05, 4.69) is 103 Å². The molecule has 0 unspecified atom stereocenters. The van der Waals surface area contributed by atoms with Crippen molar-refractivity contribution >= 4 is 166 Å². The van der Waals surface area contributed by atoms with E-state index in [-0.39, 0.29) is 40.8 Å². The van der Waals surface area contributed by atoms with Gasteiger partial charge >= 0.3 is 20.4 Å². The van der Waals surface area contributed by atoms with E-state index in [0.29, 0.717) is 11.5 Å². The second-order valence-electron chi connectivity index (χ2n) is 22.4. The van der Waals surface area contributed by atoms with Gasteiger partial charge in [-0.2, -0.15) is 0 Å². The Hall–Kier alpha value is -11.9. The van der Waals surface area contributed by atoms with Crippen molar-refractivity contribution in [1.82, 2.24) is 57.5 Å². The molecule has 0 spiro atoms. The predicted molar refractivity (Wildman–Crippen MR) is 366 cm³/mol. The Morgan fingerprint density at radius 2 is 0.625 bits per heavy atom. The number of hydrogen-bond acceptors (Lipinski definition) is 12. The van der Waals surface area contributed by atoms with Gasteiger partial charge in [-0.15, -0.1) is 12.1 Å². The van der Waals surface area contributed by atoms with Gasteiger partial charge in [0.25, 0.3) is 11.9 Å². The maximum atomic E-state index is 9.00. The number of imidazole rings is 4. The summed E-state index contributed by atoms with van der Waals surface area (Å²) in [4.78, 5) is 57.0. The minimum Gasteiger partial charge on any atom is -0.497 e. The normalized spacial score (nSPS) is 11.4. The molecule has 0 bridgehead atoms. The fourth-order valence-electron chi connectivity index (χ4n) is 12.9. The fraction of sp³-hybridized carbons (Fsp3) is 0.0263. The molecule has 12 aromatic heterocycles. The van der Waals surface area contributed by atoms with Crippen LogP contribution in [0.3, 0.4) is 0 Å². The Bertz CT molecular complexity index is 5800. The van der Waals surface area contributed by atoms with E-state index in [9.17, 15) is 0 Å². The third-order valence-corrected chi connectivity index (χ3v) is 16.6. The van der Waals surface area contributed by atoms with Crippen LogP contribution in [-0.2, 0) is 50.4 Å². The standard InChI is InChI=1S/C36H20N6O.C36H18N6O.2C2H4O2.2Pd/c2*1-3-9-29-27(7-1)39-35-25-19-21(13-15-23(25)33-31(41(29)35)11-5-17-37-33)43-22-14-16-24-26(20-22)36-40-28-8-2-4-10-30(28)42(36)32-12-6-18-38-34(24)32;2*1-2(3)4;;/h1-20H;1-18H;2*1H3,(H,3,4);;/q;-2;;;;+2. The fourth-order valence-corrected chi connectivity index (χ4v) is 12.9. The molecule has 8 aromatic carbocycles. The Labute approximate surface area is 569 Å². The van der Waals surface area contributed by atoms with Gasteiger partial charge in [0.15, 0.2) is 0 Å². The molecule has 20 aromatic rings. The summed E-state index contributed by atoms with van der Waals surface area (Å²) in [5.74, 6) is 0.908. The SMILES string of the molecule is CC(=O)O.CC(=O)O.[Pd+2].[Pd].[c-]1c(Oc2[c-]c3c(cc2)c2ncccc2n2c4ccccc4nc32)ccc2c1c1nc3ccccc3n1c1cccnc21.c1ccc2c(c1)nc1c3cc(Oc4ccc5c(c4)c4nc6ccccc6n4c4cccnc54)ccc3c3ncccc3n21. The van der Waals surface area contributed by atoms with Crippen molar-refractivity contribution in [3.63, 3.8) is 0 Å². The first-order chi connectivity index (χ1) is 46.1. The monoisotopic (exact) mass is 1430 g/mol. The number of para-hydroxylation sites is 8. The number of carboxylic acid groups (broad SMARTS) is 2.